The number of fused-ring (bicyclic) bond motifs is 1. The Morgan fingerprint density at radius 3 is 2.68 bits per heavy atom. The number of carbonyl (C=O) groups is 1. The van der Waals surface area contributed by atoms with E-state index in [9.17, 15) is 19.5 Å². The summed E-state index contributed by atoms with van der Waals surface area (Å²) in [6.07, 6.45) is 2.29. The molecule has 0 saturated carbocycles. The van der Waals surface area contributed by atoms with Crippen LogP contribution in [-0.2, 0) is 16.0 Å². The van der Waals surface area contributed by atoms with Gasteiger partial charge in [0.25, 0.3) is 5.56 Å². The first kappa shape index (κ1) is 19.2. The summed E-state index contributed by atoms with van der Waals surface area (Å²) in [5.74, 6) is -1.17. The minimum Gasteiger partial charge on any atom is -0.494 e. The summed E-state index contributed by atoms with van der Waals surface area (Å²) in [7, 11) is 1.26. The normalized spacial score (nSPS) is 12.9. The predicted octanol–water partition coefficient (Wildman–Crippen LogP) is 1.23. The van der Waals surface area contributed by atoms with Gasteiger partial charge in [-0.15, -0.1) is 0 Å². The fourth-order valence-corrected chi connectivity index (χ4v) is 3.09. The number of aromatic nitrogens is 3. The summed E-state index contributed by atoms with van der Waals surface area (Å²) in [6, 6.07) is 6.72. The Morgan fingerprint density at radius 2 is 2.00 bits per heavy atom. The number of aromatic amines is 3. The molecule has 9 heteroatoms. The molecule has 3 rings (SSSR count). The van der Waals surface area contributed by atoms with Crippen LogP contribution in [0.5, 0.6) is 5.88 Å². The van der Waals surface area contributed by atoms with E-state index in [4.69, 9.17) is 4.74 Å². The largest absolute Gasteiger partial charge is 0.494 e. The van der Waals surface area contributed by atoms with Crippen LogP contribution in [0.3, 0.4) is 0 Å². The molecule has 4 N–H and O–H groups in total. The molecule has 0 fully saturated rings. The molecule has 0 aliphatic carbocycles. The van der Waals surface area contributed by atoms with Crippen LogP contribution >= 0.6 is 0 Å². The zero-order valence-electron chi connectivity index (χ0n) is 15.4. The van der Waals surface area contributed by atoms with Crippen LogP contribution in [0.1, 0.15) is 24.5 Å². The van der Waals surface area contributed by atoms with Gasteiger partial charge in [-0.25, -0.2) is 9.59 Å². The maximum absolute atomic E-state index is 12.3. The second kappa shape index (κ2) is 7.95. The maximum Gasteiger partial charge on any atom is 0.330 e. The number of nitrogens with one attached hydrogen (secondary N) is 3. The van der Waals surface area contributed by atoms with Gasteiger partial charge in [-0.1, -0.05) is 25.1 Å². The minimum atomic E-state index is -0.926. The standard InChI is InChI=1S/C19H20N4O5/c1-3-12(15-16(24)22-19(27)23-17(15)25)21-14(18(26)28-2)8-10-9-20-13-7-5-4-6-11(10)13/h4-7,9,14,20H,3,8H2,1-2H3,(H3,22,23,24,25,27)/t14-/m0/s1. The zero-order valence-corrected chi connectivity index (χ0v) is 15.4. The molecule has 28 heavy (non-hydrogen) atoms. The summed E-state index contributed by atoms with van der Waals surface area (Å²) in [6.45, 7) is 1.73. The lowest BCUT2D eigenvalue weighted by molar-refractivity contribution is -0.142. The molecule has 1 aromatic carbocycles. The Balaban J connectivity index is 2.05. The lowest BCUT2D eigenvalue weighted by Crippen LogP contribution is -2.30. The molecule has 146 valence electrons. The number of rotatable bonds is 6. The Labute approximate surface area is 159 Å². The van der Waals surface area contributed by atoms with Crippen molar-refractivity contribution in [3.8, 4) is 5.88 Å². The number of benzene rings is 1. The van der Waals surface area contributed by atoms with Gasteiger partial charge in [0, 0.05) is 23.5 Å². The number of aromatic hydroxyl groups is 1. The predicted molar refractivity (Wildman–Crippen MR) is 104 cm³/mol. The third-order valence-corrected chi connectivity index (χ3v) is 4.42. The number of para-hydroxylation sites is 1. The Bertz CT molecular complexity index is 1150. The summed E-state index contributed by atoms with van der Waals surface area (Å²) in [5.41, 5.74) is 0.197. The van der Waals surface area contributed by atoms with Crippen molar-refractivity contribution in [1.29, 1.82) is 0 Å². The van der Waals surface area contributed by atoms with Crippen molar-refractivity contribution in [3.63, 3.8) is 0 Å². The van der Waals surface area contributed by atoms with Gasteiger partial charge in [0.1, 0.15) is 5.56 Å². The highest BCUT2D eigenvalue weighted by Crippen LogP contribution is 2.21. The lowest BCUT2D eigenvalue weighted by atomic mass is 10.0. The maximum atomic E-state index is 12.3. The number of methoxy groups -OCH3 is 1. The van der Waals surface area contributed by atoms with E-state index in [1.165, 1.54) is 7.11 Å². The van der Waals surface area contributed by atoms with Crippen LogP contribution in [0.2, 0.25) is 0 Å². The van der Waals surface area contributed by atoms with Crippen LogP contribution in [0.15, 0.2) is 45.0 Å². The van der Waals surface area contributed by atoms with Crippen molar-refractivity contribution in [1.82, 2.24) is 15.0 Å². The monoisotopic (exact) mass is 384 g/mol. The minimum absolute atomic E-state index is 0.171. The number of hydrogen-bond acceptors (Lipinski definition) is 6. The fraction of sp³-hybridized carbons (Fsp3) is 0.263. The molecule has 1 atom stereocenters. The van der Waals surface area contributed by atoms with Gasteiger partial charge in [0.2, 0.25) is 5.88 Å². The lowest BCUT2D eigenvalue weighted by Gasteiger charge is -2.13. The molecule has 0 radical (unpaired) electrons. The van der Waals surface area contributed by atoms with E-state index in [2.05, 4.69) is 19.9 Å². The number of ether oxygens (including phenoxy) is 1. The van der Waals surface area contributed by atoms with Gasteiger partial charge in [0.15, 0.2) is 6.04 Å². The van der Waals surface area contributed by atoms with Gasteiger partial charge >= 0.3 is 11.7 Å². The van der Waals surface area contributed by atoms with Gasteiger partial charge < -0.3 is 14.8 Å². The summed E-state index contributed by atoms with van der Waals surface area (Å²) in [5, 5.41) is 11.0. The molecule has 0 unspecified atom stereocenters. The first-order valence-corrected chi connectivity index (χ1v) is 8.70. The van der Waals surface area contributed by atoms with E-state index in [0.29, 0.717) is 0 Å². The Kier molecular flexibility index (Phi) is 5.44. The van der Waals surface area contributed by atoms with Gasteiger partial charge in [0.05, 0.1) is 12.8 Å². The molecule has 2 heterocycles. The molecular formula is C19H20N4O5. The highest BCUT2D eigenvalue weighted by Gasteiger charge is 2.23. The van der Waals surface area contributed by atoms with Crippen molar-refractivity contribution < 1.29 is 14.6 Å². The van der Waals surface area contributed by atoms with Gasteiger partial charge in [-0.2, -0.15) is 0 Å². The summed E-state index contributed by atoms with van der Waals surface area (Å²) < 4.78 is 4.87. The van der Waals surface area contributed by atoms with Crippen molar-refractivity contribution in [3.05, 3.63) is 62.4 Å². The van der Waals surface area contributed by atoms with Crippen LogP contribution in [0.25, 0.3) is 10.9 Å². The third kappa shape index (κ3) is 3.73. The Hall–Kier alpha value is -3.62. The van der Waals surface area contributed by atoms with Crippen LogP contribution in [0.4, 0.5) is 0 Å². The van der Waals surface area contributed by atoms with Crippen molar-refractivity contribution in [2.75, 3.05) is 7.11 Å². The number of carbonyl (C=O) groups excluding carboxylic acids is 1. The van der Waals surface area contributed by atoms with E-state index < -0.39 is 29.1 Å². The number of hydrogen-bond donors (Lipinski definition) is 4. The smallest absolute Gasteiger partial charge is 0.330 e. The van der Waals surface area contributed by atoms with Crippen molar-refractivity contribution in [2.24, 2.45) is 4.99 Å². The average Bonchev–Trinajstić information content (AvgIpc) is 3.08. The quantitative estimate of drug-likeness (QED) is 0.374. The van der Waals surface area contributed by atoms with Crippen LogP contribution in [-0.4, -0.2) is 44.9 Å². The molecule has 0 aliphatic heterocycles. The topological polar surface area (TPSA) is 140 Å². The number of H-pyrrole nitrogens is 3. The van der Waals surface area contributed by atoms with Gasteiger partial charge in [-0.3, -0.25) is 19.8 Å². The highest BCUT2D eigenvalue weighted by atomic mass is 16.5. The molecule has 0 spiro atoms. The second-order valence-corrected chi connectivity index (χ2v) is 6.16. The SMILES string of the molecule is CCC(=N[C@@H](Cc1c[nH]c2ccccc12)C(=O)OC)c1c(O)[nH]c(=O)[nH]c1=O. The second-order valence-electron chi connectivity index (χ2n) is 6.16. The van der Waals surface area contributed by atoms with E-state index in [1.807, 2.05) is 24.3 Å². The molecular weight excluding hydrogens is 364 g/mol. The fourth-order valence-electron chi connectivity index (χ4n) is 3.09. The molecule has 0 saturated heterocycles. The highest BCUT2D eigenvalue weighted by molar-refractivity contribution is 6.03. The average molecular weight is 384 g/mol. The first-order valence-electron chi connectivity index (χ1n) is 8.70. The van der Waals surface area contributed by atoms with Crippen LogP contribution in [0, 0.1) is 0 Å². The van der Waals surface area contributed by atoms with Crippen LogP contribution < -0.4 is 11.2 Å². The first-order chi connectivity index (χ1) is 13.4. The van der Waals surface area contributed by atoms with E-state index in [1.54, 1.807) is 13.1 Å². The number of aliphatic imine (C=N–C) groups is 1. The van der Waals surface area contributed by atoms with E-state index in [0.717, 1.165) is 16.5 Å². The van der Waals surface area contributed by atoms with E-state index in [-0.39, 0.29) is 24.1 Å². The summed E-state index contributed by atoms with van der Waals surface area (Å²) >= 11 is 0. The molecule has 2 aromatic heterocycles. The summed E-state index contributed by atoms with van der Waals surface area (Å²) in [4.78, 5) is 47.5. The zero-order chi connectivity index (χ0) is 20.3. The molecule has 3 aromatic rings. The van der Waals surface area contributed by atoms with Crippen molar-refractivity contribution >= 4 is 22.6 Å². The van der Waals surface area contributed by atoms with Crippen molar-refractivity contribution in [2.45, 2.75) is 25.8 Å². The van der Waals surface area contributed by atoms with E-state index >= 15 is 0 Å². The molecule has 0 aliphatic rings. The number of nitrogens with zero attached hydrogens (tertiary/aromatic N) is 1. The number of esters is 1. The molecule has 9 nitrogen and oxygen atoms in total. The molecule has 0 amide bonds. The third-order valence-electron chi connectivity index (χ3n) is 4.42. The van der Waals surface area contributed by atoms with Gasteiger partial charge in [-0.05, 0) is 18.1 Å². The molecule has 0 bridgehead atoms. The Morgan fingerprint density at radius 1 is 1.25 bits per heavy atom.